The van der Waals surface area contributed by atoms with E-state index in [9.17, 15) is 0 Å². The maximum Gasteiger partial charge on any atom is 0.0233 e. The van der Waals surface area contributed by atoms with Crippen LogP contribution < -0.4 is 5.73 Å². The predicted octanol–water partition coefficient (Wildman–Crippen LogP) is 2.60. The topological polar surface area (TPSA) is 29.3 Å². The molecular formula is C15H24N2. The molecule has 2 heteroatoms. The summed E-state index contributed by atoms with van der Waals surface area (Å²) in [6.45, 7) is 7.83. The molecule has 1 heterocycles. The SMILES string of the molecule is CC(C)(C(CN)c1ccccc1)N1CCCC1. The van der Waals surface area contributed by atoms with Crippen LogP contribution in [0.25, 0.3) is 0 Å². The lowest BCUT2D eigenvalue weighted by atomic mass is 9.80. The van der Waals surface area contributed by atoms with Gasteiger partial charge in [0.05, 0.1) is 0 Å². The summed E-state index contributed by atoms with van der Waals surface area (Å²) in [7, 11) is 0. The highest BCUT2D eigenvalue weighted by atomic mass is 15.2. The first-order valence-electron chi connectivity index (χ1n) is 6.66. The van der Waals surface area contributed by atoms with E-state index in [0.717, 1.165) is 0 Å². The summed E-state index contributed by atoms with van der Waals surface area (Å²) in [5.74, 6) is 0.418. The lowest BCUT2D eigenvalue weighted by molar-refractivity contribution is 0.124. The zero-order valence-electron chi connectivity index (χ0n) is 11.0. The molecule has 1 aliphatic heterocycles. The normalized spacial score (nSPS) is 19.5. The van der Waals surface area contributed by atoms with Gasteiger partial charge < -0.3 is 5.73 Å². The fourth-order valence-corrected chi connectivity index (χ4v) is 3.03. The van der Waals surface area contributed by atoms with Crippen LogP contribution in [0.2, 0.25) is 0 Å². The number of nitrogens with two attached hydrogens (primary N) is 1. The quantitative estimate of drug-likeness (QED) is 0.864. The maximum atomic E-state index is 6.03. The Bertz CT molecular complexity index is 339. The van der Waals surface area contributed by atoms with E-state index in [1.54, 1.807) is 0 Å². The van der Waals surface area contributed by atoms with E-state index in [0.29, 0.717) is 12.5 Å². The highest BCUT2D eigenvalue weighted by Gasteiger charge is 2.36. The number of hydrogen-bond acceptors (Lipinski definition) is 2. The molecule has 0 radical (unpaired) electrons. The minimum Gasteiger partial charge on any atom is -0.330 e. The summed E-state index contributed by atoms with van der Waals surface area (Å²) in [4.78, 5) is 2.59. The van der Waals surface area contributed by atoms with Gasteiger partial charge in [-0.25, -0.2) is 0 Å². The van der Waals surface area contributed by atoms with Crippen LogP contribution >= 0.6 is 0 Å². The van der Waals surface area contributed by atoms with Gasteiger partial charge in [-0.2, -0.15) is 0 Å². The average molecular weight is 232 g/mol. The van der Waals surface area contributed by atoms with Crippen molar-refractivity contribution in [2.75, 3.05) is 19.6 Å². The fraction of sp³-hybridized carbons (Fsp3) is 0.600. The molecule has 1 unspecified atom stereocenters. The molecule has 0 saturated carbocycles. The van der Waals surface area contributed by atoms with Crippen LogP contribution in [0.5, 0.6) is 0 Å². The zero-order chi connectivity index (χ0) is 12.3. The molecule has 0 bridgehead atoms. The van der Waals surface area contributed by atoms with Gasteiger partial charge in [0.15, 0.2) is 0 Å². The summed E-state index contributed by atoms with van der Waals surface area (Å²) < 4.78 is 0. The van der Waals surface area contributed by atoms with Gasteiger partial charge in [-0.1, -0.05) is 30.3 Å². The van der Waals surface area contributed by atoms with Crippen LogP contribution in [0.1, 0.15) is 38.2 Å². The summed E-state index contributed by atoms with van der Waals surface area (Å²) >= 11 is 0. The Labute approximate surface area is 105 Å². The van der Waals surface area contributed by atoms with Gasteiger partial charge >= 0.3 is 0 Å². The van der Waals surface area contributed by atoms with Crippen molar-refractivity contribution in [3.63, 3.8) is 0 Å². The molecule has 0 aromatic heterocycles. The molecule has 0 amide bonds. The van der Waals surface area contributed by atoms with Crippen molar-refractivity contribution in [2.45, 2.75) is 38.1 Å². The van der Waals surface area contributed by atoms with Gasteiger partial charge in [0, 0.05) is 18.0 Å². The van der Waals surface area contributed by atoms with Crippen molar-refractivity contribution in [3.8, 4) is 0 Å². The second kappa shape index (κ2) is 5.19. The number of likely N-dealkylation sites (tertiary alicyclic amines) is 1. The molecule has 0 spiro atoms. The van der Waals surface area contributed by atoms with E-state index < -0.39 is 0 Å². The summed E-state index contributed by atoms with van der Waals surface area (Å²) in [5, 5.41) is 0. The molecule has 1 saturated heterocycles. The largest absolute Gasteiger partial charge is 0.330 e. The minimum atomic E-state index is 0.159. The molecule has 1 aromatic rings. The first-order chi connectivity index (χ1) is 8.16. The maximum absolute atomic E-state index is 6.03. The van der Waals surface area contributed by atoms with Crippen molar-refractivity contribution in [2.24, 2.45) is 5.73 Å². The van der Waals surface area contributed by atoms with Crippen molar-refractivity contribution in [3.05, 3.63) is 35.9 Å². The third-order valence-electron chi connectivity index (χ3n) is 4.21. The Balaban J connectivity index is 2.22. The molecule has 1 atom stereocenters. The lowest BCUT2D eigenvalue weighted by Gasteiger charge is -2.42. The summed E-state index contributed by atoms with van der Waals surface area (Å²) in [6, 6.07) is 10.7. The van der Waals surface area contributed by atoms with E-state index in [1.807, 2.05) is 0 Å². The van der Waals surface area contributed by atoms with Gasteiger partial charge in [-0.15, -0.1) is 0 Å². The van der Waals surface area contributed by atoms with Crippen LogP contribution in [-0.4, -0.2) is 30.1 Å². The standard InChI is InChI=1S/C15H24N2/c1-15(2,17-10-6-7-11-17)14(12-16)13-8-4-3-5-9-13/h3-5,8-9,14H,6-7,10-12,16H2,1-2H3. The van der Waals surface area contributed by atoms with Crippen molar-refractivity contribution in [1.29, 1.82) is 0 Å². The smallest absolute Gasteiger partial charge is 0.0233 e. The third kappa shape index (κ3) is 2.53. The van der Waals surface area contributed by atoms with E-state index in [-0.39, 0.29) is 5.54 Å². The van der Waals surface area contributed by atoms with Crippen LogP contribution in [0, 0.1) is 0 Å². The molecule has 1 aliphatic rings. The number of benzene rings is 1. The number of nitrogens with zero attached hydrogens (tertiary/aromatic N) is 1. The van der Waals surface area contributed by atoms with Crippen molar-refractivity contribution >= 4 is 0 Å². The Morgan fingerprint density at radius 1 is 1.18 bits per heavy atom. The molecule has 94 valence electrons. The zero-order valence-corrected chi connectivity index (χ0v) is 11.0. The Kier molecular flexibility index (Phi) is 3.85. The van der Waals surface area contributed by atoms with Crippen LogP contribution in [0.15, 0.2) is 30.3 Å². The minimum absolute atomic E-state index is 0.159. The third-order valence-corrected chi connectivity index (χ3v) is 4.21. The Morgan fingerprint density at radius 3 is 2.29 bits per heavy atom. The molecule has 2 nitrogen and oxygen atoms in total. The van der Waals surface area contributed by atoms with Crippen LogP contribution in [0.3, 0.4) is 0 Å². The first kappa shape index (κ1) is 12.6. The molecule has 17 heavy (non-hydrogen) atoms. The number of hydrogen-bond donors (Lipinski definition) is 1. The predicted molar refractivity (Wildman–Crippen MR) is 73.1 cm³/mol. The number of rotatable bonds is 4. The molecule has 1 aromatic carbocycles. The molecule has 0 aliphatic carbocycles. The van der Waals surface area contributed by atoms with Gasteiger partial charge in [-0.05, 0) is 45.3 Å². The fourth-order valence-electron chi connectivity index (χ4n) is 3.03. The van der Waals surface area contributed by atoms with Gasteiger partial charge in [0.1, 0.15) is 0 Å². The molecule has 2 N–H and O–H groups in total. The second-order valence-electron chi connectivity index (χ2n) is 5.55. The van der Waals surface area contributed by atoms with E-state index in [2.05, 4.69) is 49.1 Å². The van der Waals surface area contributed by atoms with Crippen LogP contribution in [0.4, 0.5) is 0 Å². The van der Waals surface area contributed by atoms with E-state index in [1.165, 1.54) is 31.5 Å². The van der Waals surface area contributed by atoms with Crippen molar-refractivity contribution < 1.29 is 0 Å². The van der Waals surface area contributed by atoms with Crippen molar-refractivity contribution in [1.82, 2.24) is 4.90 Å². The highest BCUT2D eigenvalue weighted by molar-refractivity contribution is 5.24. The molecule has 2 rings (SSSR count). The monoisotopic (exact) mass is 232 g/mol. The Hall–Kier alpha value is -0.860. The molecule has 1 fully saturated rings. The first-order valence-corrected chi connectivity index (χ1v) is 6.66. The highest BCUT2D eigenvalue weighted by Crippen LogP contribution is 2.34. The summed E-state index contributed by atoms with van der Waals surface area (Å²) in [5.41, 5.74) is 7.56. The van der Waals surface area contributed by atoms with E-state index in [4.69, 9.17) is 5.73 Å². The average Bonchev–Trinajstić information content (AvgIpc) is 2.85. The summed E-state index contributed by atoms with van der Waals surface area (Å²) in [6.07, 6.45) is 2.66. The van der Waals surface area contributed by atoms with Crippen LogP contribution in [-0.2, 0) is 0 Å². The van der Waals surface area contributed by atoms with E-state index >= 15 is 0 Å². The van der Waals surface area contributed by atoms with Gasteiger partial charge in [0.2, 0.25) is 0 Å². The molecular weight excluding hydrogens is 208 g/mol. The second-order valence-corrected chi connectivity index (χ2v) is 5.55. The lowest BCUT2D eigenvalue weighted by Crippen LogP contribution is -2.49. The Morgan fingerprint density at radius 2 is 1.76 bits per heavy atom. The van der Waals surface area contributed by atoms with Gasteiger partial charge in [0.25, 0.3) is 0 Å². The van der Waals surface area contributed by atoms with Gasteiger partial charge in [-0.3, -0.25) is 4.90 Å².